The van der Waals surface area contributed by atoms with Gasteiger partial charge in [0.05, 0.1) is 23.4 Å². The van der Waals surface area contributed by atoms with Gasteiger partial charge in [0.2, 0.25) is 0 Å². The summed E-state index contributed by atoms with van der Waals surface area (Å²) in [5.74, 6) is -0.383. The summed E-state index contributed by atoms with van der Waals surface area (Å²) >= 11 is 1.35. The van der Waals surface area contributed by atoms with E-state index >= 15 is 0 Å². The number of nitrogens with one attached hydrogen (secondary N) is 1. The number of nitriles is 1. The predicted molar refractivity (Wildman–Crippen MR) is 84.3 cm³/mol. The highest BCUT2D eigenvalue weighted by Gasteiger charge is 2.24. The number of amides is 1. The van der Waals surface area contributed by atoms with Crippen LogP contribution in [0.15, 0.2) is 29.2 Å². The van der Waals surface area contributed by atoms with Crippen LogP contribution < -0.4 is 5.32 Å². The van der Waals surface area contributed by atoms with E-state index in [2.05, 4.69) is 5.32 Å². The van der Waals surface area contributed by atoms with Gasteiger partial charge in [-0.05, 0) is 25.0 Å². The van der Waals surface area contributed by atoms with Crippen LogP contribution in [-0.4, -0.2) is 24.2 Å². The summed E-state index contributed by atoms with van der Waals surface area (Å²) in [5.41, 5.74) is 0.629. The van der Waals surface area contributed by atoms with E-state index in [0.29, 0.717) is 11.4 Å². The fourth-order valence-electron chi connectivity index (χ4n) is 2.41. The molecule has 0 bridgehead atoms. The first-order chi connectivity index (χ1) is 10.7. The van der Waals surface area contributed by atoms with Gasteiger partial charge in [-0.15, -0.1) is 11.8 Å². The maximum absolute atomic E-state index is 11.9. The van der Waals surface area contributed by atoms with Gasteiger partial charge >= 0.3 is 5.97 Å². The van der Waals surface area contributed by atoms with E-state index in [9.17, 15) is 9.59 Å². The van der Waals surface area contributed by atoms with E-state index in [1.165, 1.54) is 11.8 Å². The molecule has 2 rings (SSSR count). The molecule has 1 aromatic carbocycles. The van der Waals surface area contributed by atoms with Crippen LogP contribution in [0.2, 0.25) is 0 Å². The molecule has 0 radical (unpaired) electrons. The lowest BCUT2D eigenvalue weighted by Gasteiger charge is -2.11. The largest absolute Gasteiger partial charge is 0.455 e. The molecule has 0 saturated heterocycles. The van der Waals surface area contributed by atoms with Crippen LogP contribution in [0.1, 0.15) is 25.7 Å². The molecule has 6 heteroatoms. The van der Waals surface area contributed by atoms with Crippen LogP contribution in [0, 0.1) is 17.2 Å². The maximum atomic E-state index is 11.9. The van der Waals surface area contributed by atoms with Crippen molar-refractivity contribution in [2.24, 2.45) is 5.92 Å². The van der Waals surface area contributed by atoms with Crippen molar-refractivity contribution in [3.05, 3.63) is 24.3 Å². The Balaban J connectivity index is 1.84. The molecular formula is C16H18N2O3S. The fraction of sp³-hybridized carbons (Fsp3) is 0.438. The minimum Gasteiger partial charge on any atom is -0.455 e. The molecule has 1 N–H and O–H groups in total. The average molecular weight is 318 g/mol. The third kappa shape index (κ3) is 4.78. The number of carbonyl (C=O) groups is 2. The van der Waals surface area contributed by atoms with Crippen molar-refractivity contribution < 1.29 is 14.3 Å². The molecule has 1 aliphatic carbocycles. The molecular weight excluding hydrogens is 300 g/mol. The van der Waals surface area contributed by atoms with Crippen molar-refractivity contribution in [1.82, 2.24) is 0 Å². The summed E-state index contributed by atoms with van der Waals surface area (Å²) in [4.78, 5) is 24.5. The number of esters is 1. The van der Waals surface area contributed by atoms with Gasteiger partial charge < -0.3 is 10.1 Å². The van der Waals surface area contributed by atoms with Crippen molar-refractivity contribution in [2.75, 3.05) is 17.7 Å². The van der Waals surface area contributed by atoms with Crippen LogP contribution >= 0.6 is 11.8 Å². The molecule has 0 heterocycles. The smallest absolute Gasteiger partial charge is 0.309 e. The van der Waals surface area contributed by atoms with Crippen LogP contribution in [0.5, 0.6) is 0 Å². The van der Waals surface area contributed by atoms with Crippen molar-refractivity contribution in [3.8, 4) is 6.07 Å². The zero-order valence-corrected chi connectivity index (χ0v) is 13.0. The average Bonchev–Trinajstić information content (AvgIpc) is 3.06. The predicted octanol–water partition coefficient (Wildman–Crippen LogP) is 2.97. The van der Waals surface area contributed by atoms with Gasteiger partial charge in [0.25, 0.3) is 5.91 Å². The highest BCUT2D eigenvalue weighted by Crippen LogP contribution is 2.27. The van der Waals surface area contributed by atoms with E-state index in [1.54, 1.807) is 12.1 Å². The zero-order chi connectivity index (χ0) is 15.8. The minimum absolute atomic E-state index is 0.0497. The monoisotopic (exact) mass is 318 g/mol. The molecule has 1 aromatic rings. The summed E-state index contributed by atoms with van der Waals surface area (Å²) in [7, 11) is 0. The Labute approximate surface area is 134 Å². The van der Waals surface area contributed by atoms with E-state index in [0.717, 1.165) is 30.6 Å². The first-order valence-corrected chi connectivity index (χ1v) is 8.24. The molecule has 0 atom stereocenters. The Morgan fingerprint density at radius 3 is 2.77 bits per heavy atom. The standard InChI is InChI=1S/C16H18N2O3S/c17-9-10-22-14-8-4-3-7-13(14)18-15(19)11-21-16(20)12-5-1-2-6-12/h3-4,7-8,12H,1-2,5-6,10-11H2,(H,18,19). The van der Waals surface area contributed by atoms with Crippen LogP contribution in [0.3, 0.4) is 0 Å². The summed E-state index contributed by atoms with van der Waals surface area (Å²) in [6, 6.07) is 9.29. The first-order valence-electron chi connectivity index (χ1n) is 7.26. The number of hydrogen-bond acceptors (Lipinski definition) is 5. The highest BCUT2D eigenvalue weighted by atomic mass is 32.2. The number of para-hydroxylation sites is 1. The summed E-state index contributed by atoms with van der Waals surface area (Å²) in [5, 5.41) is 11.4. The Bertz CT molecular complexity index is 577. The Kier molecular flexibility index (Phi) is 6.28. The quantitative estimate of drug-likeness (QED) is 0.644. The topological polar surface area (TPSA) is 79.2 Å². The number of hydrogen-bond donors (Lipinski definition) is 1. The second-order valence-corrected chi connectivity index (χ2v) is 6.10. The van der Waals surface area contributed by atoms with Crippen molar-refractivity contribution in [1.29, 1.82) is 5.26 Å². The first kappa shape index (κ1) is 16.4. The molecule has 0 aliphatic heterocycles. The Morgan fingerprint density at radius 1 is 1.32 bits per heavy atom. The third-order valence-corrected chi connectivity index (χ3v) is 4.43. The molecule has 0 unspecified atom stereocenters. The highest BCUT2D eigenvalue weighted by molar-refractivity contribution is 7.99. The number of ether oxygens (including phenoxy) is 1. The summed E-state index contributed by atoms with van der Waals surface area (Å²) < 4.78 is 5.07. The van der Waals surface area contributed by atoms with Crippen LogP contribution in [-0.2, 0) is 14.3 Å². The van der Waals surface area contributed by atoms with Crippen molar-refractivity contribution in [2.45, 2.75) is 30.6 Å². The van der Waals surface area contributed by atoms with Crippen LogP contribution in [0.4, 0.5) is 5.69 Å². The number of benzene rings is 1. The van der Waals surface area contributed by atoms with E-state index in [1.807, 2.05) is 18.2 Å². The number of thioether (sulfide) groups is 1. The van der Waals surface area contributed by atoms with Gasteiger partial charge in [-0.2, -0.15) is 5.26 Å². The zero-order valence-electron chi connectivity index (χ0n) is 12.2. The molecule has 1 aliphatic rings. The molecule has 0 aromatic heterocycles. The summed E-state index contributed by atoms with van der Waals surface area (Å²) in [6.45, 7) is -0.271. The summed E-state index contributed by atoms with van der Waals surface area (Å²) in [6.07, 6.45) is 3.81. The van der Waals surface area contributed by atoms with Crippen molar-refractivity contribution in [3.63, 3.8) is 0 Å². The lowest BCUT2D eigenvalue weighted by atomic mass is 10.1. The SMILES string of the molecule is N#CCSc1ccccc1NC(=O)COC(=O)C1CCCC1. The van der Waals surface area contributed by atoms with E-state index in [4.69, 9.17) is 10.00 Å². The molecule has 1 saturated carbocycles. The lowest BCUT2D eigenvalue weighted by Crippen LogP contribution is -2.24. The van der Waals surface area contributed by atoms with Crippen molar-refractivity contribution >= 4 is 29.3 Å². The minimum atomic E-state index is -0.364. The normalized spacial score (nSPS) is 14.3. The number of rotatable bonds is 6. The molecule has 1 fully saturated rings. The molecule has 0 spiro atoms. The van der Waals surface area contributed by atoms with Gasteiger partial charge in [0.1, 0.15) is 0 Å². The molecule has 5 nitrogen and oxygen atoms in total. The molecule has 22 heavy (non-hydrogen) atoms. The lowest BCUT2D eigenvalue weighted by molar-refractivity contribution is -0.151. The van der Waals surface area contributed by atoms with E-state index in [-0.39, 0.29) is 24.4 Å². The molecule has 1 amide bonds. The second-order valence-electron chi connectivity index (χ2n) is 5.08. The number of nitrogens with zero attached hydrogens (tertiary/aromatic N) is 1. The third-order valence-electron chi connectivity index (χ3n) is 3.49. The second kappa shape index (κ2) is 8.44. The van der Waals surface area contributed by atoms with E-state index < -0.39 is 0 Å². The number of anilines is 1. The van der Waals surface area contributed by atoms with Gasteiger partial charge in [0.15, 0.2) is 6.61 Å². The van der Waals surface area contributed by atoms with Gasteiger partial charge in [0, 0.05) is 4.90 Å². The number of carbonyl (C=O) groups excluding carboxylic acids is 2. The van der Waals surface area contributed by atoms with Gasteiger partial charge in [-0.3, -0.25) is 9.59 Å². The fourth-order valence-corrected chi connectivity index (χ4v) is 3.08. The van der Waals surface area contributed by atoms with Gasteiger partial charge in [-0.25, -0.2) is 0 Å². The maximum Gasteiger partial charge on any atom is 0.309 e. The van der Waals surface area contributed by atoms with Gasteiger partial charge in [-0.1, -0.05) is 25.0 Å². The Morgan fingerprint density at radius 2 is 2.05 bits per heavy atom. The Hall–Kier alpha value is -2.00. The molecule has 116 valence electrons. The van der Waals surface area contributed by atoms with Crippen LogP contribution in [0.25, 0.3) is 0 Å².